The van der Waals surface area contributed by atoms with Gasteiger partial charge >= 0.3 is 13.7 Å². The van der Waals surface area contributed by atoms with Gasteiger partial charge in [-0.3, -0.25) is 13.9 Å². The van der Waals surface area contributed by atoms with E-state index in [2.05, 4.69) is 20.0 Å². The Morgan fingerprint density at radius 3 is 2.66 bits per heavy atom. The van der Waals surface area contributed by atoms with Crippen molar-refractivity contribution in [3.63, 3.8) is 0 Å². The second-order valence-corrected chi connectivity index (χ2v) is 11.9. The highest BCUT2D eigenvalue weighted by molar-refractivity contribution is 7.52. The topological polar surface area (TPSA) is 173 Å². The molecule has 1 aliphatic heterocycles. The second kappa shape index (κ2) is 11.3. The maximum absolute atomic E-state index is 13.7. The maximum atomic E-state index is 13.7. The summed E-state index contributed by atoms with van der Waals surface area (Å²) in [6, 6.07) is 7.16. The molecule has 38 heavy (non-hydrogen) atoms. The number of halogens is 2. The number of fused-ring (bicyclic) bond motifs is 1. The molecule has 2 aromatic heterocycles. The molecule has 0 unspecified atom stereocenters. The molecular weight excluding hydrogens is 562 g/mol. The number of esters is 1. The SMILES string of the molecule is CC(C)OC(=O)[C@@H](C)N[P@](=O)(OC[C@H]1O[C@@H](n2cnc3c(N)ncnc32)C(Cl)(Cl)[C@@H]1O)Oc1ccccc1. The second-order valence-electron chi connectivity index (χ2n) is 8.76. The van der Waals surface area contributed by atoms with Gasteiger partial charge in [0.05, 0.1) is 19.0 Å². The van der Waals surface area contributed by atoms with E-state index >= 15 is 0 Å². The number of carbonyl (C=O) groups excluding carboxylic acids is 1. The molecular formula is C22H27Cl2N6O7P. The Morgan fingerprint density at radius 1 is 1.26 bits per heavy atom. The van der Waals surface area contributed by atoms with Crippen molar-refractivity contribution < 1.29 is 33.0 Å². The van der Waals surface area contributed by atoms with Crippen LogP contribution in [0.25, 0.3) is 11.2 Å². The Kier molecular flexibility index (Phi) is 8.48. The zero-order chi connectivity index (χ0) is 27.7. The van der Waals surface area contributed by atoms with E-state index < -0.39 is 49.1 Å². The lowest BCUT2D eigenvalue weighted by Gasteiger charge is -2.25. The number of aliphatic hydroxyl groups is 1. The molecule has 1 fully saturated rings. The molecule has 206 valence electrons. The van der Waals surface area contributed by atoms with Crippen molar-refractivity contribution in [1.82, 2.24) is 24.6 Å². The highest BCUT2D eigenvalue weighted by atomic mass is 35.5. The Hall–Kier alpha value is -2.51. The standard InChI is InChI=1S/C22H27Cl2N6O7P/c1-12(2)35-20(32)13(3)29-38(33,37-14-7-5-4-6-8-14)34-9-15-17(31)22(23,24)21(36-15)30-11-28-16-18(25)26-10-27-19(16)30/h4-8,10-13,15,17,21,31H,9H2,1-3H3,(H,29,33)(H2,25,26,27)/t13-,15-,17-,21-,38+/m1/s1. The highest BCUT2D eigenvalue weighted by Crippen LogP contribution is 2.50. The van der Waals surface area contributed by atoms with Crippen molar-refractivity contribution in [2.24, 2.45) is 0 Å². The molecule has 4 rings (SSSR count). The zero-order valence-corrected chi connectivity index (χ0v) is 23.0. The van der Waals surface area contributed by atoms with E-state index in [1.54, 1.807) is 44.2 Å². The molecule has 4 N–H and O–H groups in total. The molecule has 0 aliphatic carbocycles. The lowest BCUT2D eigenvalue weighted by molar-refractivity contribution is -0.149. The summed E-state index contributed by atoms with van der Waals surface area (Å²) in [6.07, 6.45) is -1.64. The van der Waals surface area contributed by atoms with E-state index in [1.807, 2.05) is 0 Å². The average molecular weight is 589 g/mol. The molecule has 3 heterocycles. The number of nitrogens with one attached hydrogen (secondary N) is 1. The minimum atomic E-state index is -4.23. The van der Waals surface area contributed by atoms with Gasteiger partial charge in [0.15, 0.2) is 22.0 Å². The predicted molar refractivity (Wildman–Crippen MR) is 139 cm³/mol. The number of hydrogen-bond acceptors (Lipinski definition) is 11. The number of carbonyl (C=O) groups is 1. The van der Waals surface area contributed by atoms with Crippen LogP contribution < -0.4 is 15.3 Å². The average Bonchev–Trinajstić information content (AvgIpc) is 3.37. The third kappa shape index (κ3) is 6.04. The smallest absolute Gasteiger partial charge is 0.459 e. The number of aromatic nitrogens is 4. The molecule has 0 amide bonds. The Morgan fingerprint density at radius 2 is 1.97 bits per heavy atom. The van der Waals surface area contributed by atoms with E-state index in [0.29, 0.717) is 5.52 Å². The molecule has 1 aliphatic rings. The number of para-hydroxylation sites is 1. The van der Waals surface area contributed by atoms with Gasteiger partial charge in [-0.25, -0.2) is 19.5 Å². The normalized spacial score (nSPS) is 23.3. The van der Waals surface area contributed by atoms with E-state index in [4.69, 9.17) is 47.5 Å². The lowest BCUT2D eigenvalue weighted by Crippen LogP contribution is -2.39. The van der Waals surface area contributed by atoms with Gasteiger partial charge in [0.25, 0.3) is 0 Å². The van der Waals surface area contributed by atoms with Crippen LogP contribution in [-0.2, 0) is 23.4 Å². The first-order valence-corrected chi connectivity index (χ1v) is 13.8. The van der Waals surface area contributed by atoms with Crippen LogP contribution in [0.2, 0.25) is 0 Å². The van der Waals surface area contributed by atoms with Crippen molar-refractivity contribution in [2.75, 3.05) is 12.3 Å². The molecule has 0 spiro atoms. The Balaban J connectivity index is 1.54. The molecule has 0 saturated carbocycles. The van der Waals surface area contributed by atoms with Gasteiger partial charge in [0, 0.05) is 0 Å². The van der Waals surface area contributed by atoms with Crippen molar-refractivity contribution >= 4 is 53.9 Å². The van der Waals surface area contributed by atoms with Crippen LogP contribution in [-0.4, -0.2) is 65.9 Å². The van der Waals surface area contributed by atoms with Crippen LogP contribution in [0, 0.1) is 0 Å². The summed E-state index contributed by atoms with van der Waals surface area (Å²) in [5, 5.41) is 13.4. The van der Waals surface area contributed by atoms with E-state index in [1.165, 1.54) is 24.1 Å². The van der Waals surface area contributed by atoms with Crippen LogP contribution in [0.5, 0.6) is 5.75 Å². The third-order valence-corrected chi connectivity index (χ3v) is 7.92. The maximum Gasteiger partial charge on any atom is 0.459 e. The van der Waals surface area contributed by atoms with Gasteiger partial charge in [0.2, 0.25) is 0 Å². The number of anilines is 1. The van der Waals surface area contributed by atoms with Crippen LogP contribution in [0.3, 0.4) is 0 Å². The van der Waals surface area contributed by atoms with Gasteiger partial charge < -0.3 is 24.8 Å². The number of nitrogen functional groups attached to an aromatic ring is 1. The minimum absolute atomic E-state index is 0.136. The van der Waals surface area contributed by atoms with E-state index in [0.717, 1.165) is 0 Å². The molecule has 5 atom stereocenters. The lowest BCUT2D eigenvalue weighted by atomic mass is 10.2. The zero-order valence-electron chi connectivity index (χ0n) is 20.6. The third-order valence-electron chi connectivity index (χ3n) is 5.45. The van der Waals surface area contributed by atoms with E-state index in [9.17, 15) is 14.5 Å². The van der Waals surface area contributed by atoms with E-state index in [-0.39, 0.29) is 23.3 Å². The number of rotatable bonds is 10. The van der Waals surface area contributed by atoms with Crippen LogP contribution in [0.4, 0.5) is 5.82 Å². The van der Waals surface area contributed by atoms with Crippen molar-refractivity contribution in [1.29, 1.82) is 0 Å². The number of nitrogens with zero attached hydrogens (tertiary/aromatic N) is 4. The molecule has 16 heteroatoms. The first-order valence-electron chi connectivity index (χ1n) is 11.5. The number of alkyl halides is 2. The summed E-state index contributed by atoms with van der Waals surface area (Å²) < 4.78 is 35.6. The van der Waals surface area contributed by atoms with Gasteiger partial charge in [-0.2, -0.15) is 5.09 Å². The number of hydrogen-bond donors (Lipinski definition) is 3. The minimum Gasteiger partial charge on any atom is -0.462 e. The fraction of sp³-hybridized carbons (Fsp3) is 0.455. The van der Waals surface area contributed by atoms with Gasteiger partial charge in [-0.1, -0.05) is 41.4 Å². The van der Waals surface area contributed by atoms with Gasteiger partial charge in [-0.05, 0) is 32.9 Å². The first kappa shape index (κ1) is 28.5. The fourth-order valence-corrected chi connectivity index (χ4v) is 5.75. The van der Waals surface area contributed by atoms with Crippen molar-refractivity contribution in [3.05, 3.63) is 43.0 Å². The number of imidazole rings is 1. The summed E-state index contributed by atoms with van der Waals surface area (Å²) in [4.78, 5) is 24.5. The first-order chi connectivity index (χ1) is 17.9. The van der Waals surface area contributed by atoms with Gasteiger partial charge in [-0.15, -0.1) is 0 Å². The van der Waals surface area contributed by atoms with Crippen LogP contribution in [0.15, 0.2) is 43.0 Å². The van der Waals surface area contributed by atoms with Crippen LogP contribution in [0.1, 0.15) is 27.0 Å². The summed E-state index contributed by atoms with van der Waals surface area (Å²) in [5.41, 5.74) is 6.42. The molecule has 1 saturated heterocycles. The van der Waals surface area contributed by atoms with Gasteiger partial charge in [0.1, 0.15) is 35.8 Å². The summed E-state index contributed by atoms with van der Waals surface area (Å²) in [6.45, 7) is 4.34. The quantitative estimate of drug-likeness (QED) is 0.180. The molecule has 1 aromatic carbocycles. The Bertz CT molecular complexity index is 1330. The monoisotopic (exact) mass is 588 g/mol. The summed E-state index contributed by atoms with van der Waals surface area (Å²) in [5.74, 6) is -0.312. The predicted octanol–water partition coefficient (Wildman–Crippen LogP) is 2.97. The Labute approximate surface area is 228 Å². The van der Waals surface area contributed by atoms with Crippen LogP contribution >= 0.6 is 30.9 Å². The molecule has 0 radical (unpaired) electrons. The number of nitrogens with two attached hydrogens (primary N) is 1. The largest absolute Gasteiger partial charge is 0.462 e. The van der Waals surface area contributed by atoms with Crippen molar-refractivity contribution in [2.45, 2.75) is 55.7 Å². The summed E-state index contributed by atoms with van der Waals surface area (Å²) >= 11 is 13.0. The molecule has 0 bridgehead atoms. The highest BCUT2D eigenvalue weighted by Gasteiger charge is 2.56. The molecule has 3 aromatic rings. The molecule has 13 nitrogen and oxygen atoms in total. The fourth-order valence-electron chi connectivity index (χ4n) is 3.65. The number of ether oxygens (including phenoxy) is 2. The summed E-state index contributed by atoms with van der Waals surface area (Å²) in [7, 11) is -4.23. The van der Waals surface area contributed by atoms with Crippen molar-refractivity contribution in [3.8, 4) is 5.75 Å². The number of aliphatic hydroxyl groups excluding tert-OH is 1. The number of benzene rings is 1.